The van der Waals surface area contributed by atoms with E-state index in [0.29, 0.717) is 12.1 Å². The molecule has 3 rings (SSSR count). The van der Waals surface area contributed by atoms with Crippen molar-refractivity contribution in [3.05, 3.63) is 83.4 Å². The Bertz CT molecular complexity index is 1390. The highest BCUT2D eigenvalue weighted by molar-refractivity contribution is 7.92. The second-order valence-electron chi connectivity index (χ2n) is 9.91. The average Bonchev–Trinajstić information content (AvgIpc) is 2.88. The van der Waals surface area contributed by atoms with Gasteiger partial charge in [-0.2, -0.15) is 5.26 Å². The Kier molecular flexibility index (Phi) is 10.8. The van der Waals surface area contributed by atoms with Crippen LogP contribution in [0.4, 0.5) is 5.69 Å². The molecule has 10 heteroatoms. The van der Waals surface area contributed by atoms with E-state index in [2.05, 4.69) is 11.4 Å². The number of aliphatic hydroxyl groups excluding tert-OH is 1. The van der Waals surface area contributed by atoms with Crippen LogP contribution in [0.25, 0.3) is 0 Å². The van der Waals surface area contributed by atoms with E-state index in [1.54, 1.807) is 50.4 Å². The zero-order valence-electron chi connectivity index (χ0n) is 23.0. The molecule has 0 aromatic heterocycles. The van der Waals surface area contributed by atoms with Crippen molar-refractivity contribution < 1.29 is 23.0 Å². The largest absolute Gasteiger partial charge is 0.497 e. The van der Waals surface area contributed by atoms with Crippen molar-refractivity contribution in [1.29, 1.82) is 5.26 Å². The lowest BCUT2D eigenvalue weighted by Gasteiger charge is -2.34. The summed E-state index contributed by atoms with van der Waals surface area (Å²) in [5, 5.41) is 23.6. The maximum atomic E-state index is 13.1. The molecule has 0 saturated carbocycles. The molecule has 0 saturated heterocycles. The monoisotopic (exact) mass is 573 g/mol. The number of aliphatic hydroxyl groups is 1. The van der Waals surface area contributed by atoms with Crippen LogP contribution < -0.4 is 19.1 Å². The van der Waals surface area contributed by atoms with Gasteiger partial charge in [-0.1, -0.05) is 29.8 Å². The Morgan fingerprint density at radius 2 is 1.69 bits per heavy atom. The summed E-state index contributed by atoms with van der Waals surface area (Å²) in [5.74, 6) is 1.01. The second kappa shape index (κ2) is 13.2. The van der Waals surface area contributed by atoms with Crippen LogP contribution in [-0.2, 0) is 16.4 Å². The Balaban J connectivity index is 0.00000533. The van der Waals surface area contributed by atoms with E-state index in [-0.39, 0.29) is 28.6 Å². The minimum Gasteiger partial charge on any atom is -0.497 e. The van der Waals surface area contributed by atoms with Gasteiger partial charge in [-0.25, -0.2) is 8.42 Å². The van der Waals surface area contributed by atoms with Gasteiger partial charge >= 0.3 is 0 Å². The predicted octanol–water partition coefficient (Wildman–Crippen LogP) is 4.82. The van der Waals surface area contributed by atoms with Crippen molar-refractivity contribution in [2.75, 3.05) is 18.5 Å². The van der Waals surface area contributed by atoms with E-state index in [4.69, 9.17) is 9.47 Å². The zero-order chi connectivity index (χ0) is 28.1. The summed E-state index contributed by atoms with van der Waals surface area (Å²) >= 11 is 0. The molecule has 0 fully saturated rings. The Hall–Kier alpha value is -3.29. The molecule has 2 unspecified atom stereocenters. The van der Waals surface area contributed by atoms with Gasteiger partial charge in [0.05, 0.1) is 23.3 Å². The maximum Gasteiger partial charge on any atom is 0.264 e. The second-order valence-corrected chi connectivity index (χ2v) is 11.9. The third kappa shape index (κ3) is 8.10. The van der Waals surface area contributed by atoms with Crippen molar-refractivity contribution in [3.8, 4) is 17.6 Å². The molecule has 210 valence electrons. The predicted molar refractivity (Wildman–Crippen MR) is 155 cm³/mol. The fraction of sp³-hybridized carbons (Fsp3) is 0.345. The van der Waals surface area contributed by atoms with Gasteiger partial charge in [0.25, 0.3) is 10.0 Å². The fourth-order valence-electron chi connectivity index (χ4n) is 3.99. The third-order valence-electron chi connectivity index (χ3n) is 6.16. The van der Waals surface area contributed by atoms with Crippen molar-refractivity contribution in [2.24, 2.45) is 0 Å². The van der Waals surface area contributed by atoms with E-state index in [0.717, 1.165) is 21.2 Å². The molecule has 2 atom stereocenters. The summed E-state index contributed by atoms with van der Waals surface area (Å²) < 4.78 is 38.6. The number of nitrogens with one attached hydrogen (secondary N) is 1. The van der Waals surface area contributed by atoms with E-state index >= 15 is 0 Å². The summed E-state index contributed by atoms with van der Waals surface area (Å²) in [5.41, 5.74) is 2.02. The number of nitriles is 1. The summed E-state index contributed by atoms with van der Waals surface area (Å²) in [4.78, 5) is 0.155. The summed E-state index contributed by atoms with van der Waals surface area (Å²) in [6.07, 6.45) is -1.08. The van der Waals surface area contributed by atoms with E-state index in [1.807, 2.05) is 45.0 Å². The molecule has 0 radical (unpaired) electrons. The van der Waals surface area contributed by atoms with Crippen LogP contribution in [0.5, 0.6) is 11.5 Å². The third-order valence-corrected chi connectivity index (χ3v) is 7.96. The van der Waals surface area contributed by atoms with Gasteiger partial charge in [-0.05, 0) is 82.1 Å². The van der Waals surface area contributed by atoms with Crippen LogP contribution in [0.15, 0.2) is 71.6 Å². The number of anilines is 1. The highest BCUT2D eigenvalue weighted by atomic mass is 35.5. The number of hydrogen-bond donors (Lipinski definition) is 2. The van der Waals surface area contributed by atoms with Gasteiger partial charge in [-0.15, -0.1) is 12.4 Å². The molecule has 3 aromatic rings. The lowest BCUT2D eigenvalue weighted by atomic mass is 9.94. The molecule has 0 spiro atoms. The fourth-order valence-corrected chi connectivity index (χ4v) is 5.17. The first kappa shape index (κ1) is 31.9. The highest BCUT2D eigenvalue weighted by Gasteiger charge is 2.28. The minimum atomic E-state index is -3.82. The van der Waals surface area contributed by atoms with Crippen LogP contribution >= 0.6 is 12.4 Å². The number of halogens is 1. The van der Waals surface area contributed by atoms with Crippen LogP contribution in [0.2, 0.25) is 0 Å². The standard InChI is InChI=1S/C29H35N3O5S.ClH/c1-20-7-14-26(15-8-20)38(34,35)32(5)24-11-16-27(23(17-24)19-30)37-28(21(2)33)31-29(3,4)18-22-9-12-25(36-6)13-10-22;/h7-17,21,28,31,33H,18H2,1-6H3;1H. The van der Waals surface area contributed by atoms with Crippen molar-refractivity contribution >= 4 is 28.1 Å². The molecule has 0 bridgehead atoms. The first-order valence-electron chi connectivity index (χ1n) is 12.2. The first-order chi connectivity index (χ1) is 17.9. The van der Waals surface area contributed by atoms with Crippen LogP contribution in [-0.4, -0.2) is 45.6 Å². The quantitative estimate of drug-likeness (QED) is 0.316. The molecule has 3 aromatic carbocycles. The number of sulfonamides is 1. The van der Waals surface area contributed by atoms with Gasteiger partial charge < -0.3 is 14.6 Å². The Labute approximate surface area is 237 Å². The number of benzene rings is 3. The van der Waals surface area contributed by atoms with E-state index in [9.17, 15) is 18.8 Å². The minimum absolute atomic E-state index is 0. The van der Waals surface area contributed by atoms with Crippen LogP contribution in [0.3, 0.4) is 0 Å². The lowest BCUT2D eigenvalue weighted by Crippen LogP contribution is -2.54. The Morgan fingerprint density at radius 3 is 2.23 bits per heavy atom. The van der Waals surface area contributed by atoms with Gasteiger partial charge in [-0.3, -0.25) is 9.62 Å². The van der Waals surface area contributed by atoms with Crippen molar-refractivity contribution in [2.45, 2.75) is 56.9 Å². The molecular weight excluding hydrogens is 538 g/mol. The molecule has 0 aliphatic rings. The average molecular weight is 574 g/mol. The van der Waals surface area contributed by atoms with Gasteiger partial charge in [0.1, 0.15) is 23.7 Å². The summed E-state index contributed by atoms with van der Waals surface area (Å²) in [6, 6.07) is 21.0. The molecule has 0 amide bonds. The number of ether oxygens (including phenoxy) is 2. The number of rotatable bonds is 11. The lowest BCUT2D eigenvalue weighted by molar-refractivity contribution is 0.00875. The zero-order valence-corrected chi connectivity index (χ0v) is 24.6. The highest BCUT2D eigenvalue weighted by Crippen LogP contribution is 2.29. The van der Waals surface area contributed by atoms with Crippen molar-refractivity contribution in [1.82, 2.24) is 5.32 Å². The molecule has 0 aliphatic carbocycles. The van der Waals surface area contributed by atoms with E-state index in [1.165, 1.54) is 13.1 Å². The van der Waals surface area contributed by atoms with Crippen LogP contribution in [0, 0.1) is 18.3 Å². The molecule has 8 nitrogen and oxygen atoms in total. The van der Waals surface area contributed by atoms with Gasteiger partial charge in [0.2, 0.25) is 0 Å². The summed E-state index contributed by atoms with van der Waals surface area (Å²) in [6.45, 7) is 7.47. The summed E-state index contributed by atoms with van der Waals surface area (Å²) in [7, 11) is -0.761. The van der Waals surface area contributed by atoms with Crippen molar-refractivity contribution in [3.63, 3.8) is 0 Å². The number of hydrogen-bond acceptors (Lipinski definition) is 7. The number of aryl methyl sites for hydroxylation is 1. The first-order valence-corrected chi connectivity index (χ1v) is 13.7. The van der Waals surface area contributed by atoms with E-state index < -0.39 is 27.9 Å². The molecule has 39 heavy (non-hydrogen) atoms. The van der Waals surface area contributed by atoms with Gasteiger partial charge in [0.15, 0.2) is 6.23 Å². The van der Waals surface area contributed by atoms with Gasteiger partial charge in [0, 0.05) is 12.6 Å². The van der Waals surface area contributed by atoms with Crippen LogP contribution in [0.1, 0.15) is 37.5 Å². The number of methoxy groups -OCH3 is 1. The molecule has 0 heterocycles. The smallest absolute Gasteiger partial charge is 0.264 e. The molecular formula is C29H36ClN3O5S. The number of nitrogens with zero attached hydrogens (tertiary/aromatic N) is 2. The molecule has 2 N–H and O–H groups in total. The topological polar surface area (TPSA) is 112 Å². The maximum absolute atomic E-state index is 13.1. The normalized spacial score (nSPS) is 13.0. The molecule has 0 aliphatic heterocycles. The Morgan fingerprint density at radius 1 is 1.08 bits per heavy atom. The SMILES string of the molecule is COc1ccc(CC(C)(C)NC(Oc2ccc(N(C)S(=O)(=O)c3ccc(C)cc3)cc2C#N)C(C)O)cc1.Cl.